The highest BCUT2D eigenvalue weighted by molar-refractivity contribution is 5.81. The van der Waals surface area contributed by atoms with Crippen molar-refractivity contribution in [2.45, 2.75) is 38.2 Å². The molecule has 2 aromatic rings. The molecule has 2 aliphatic rings. The molecule has 1 saturated carbocycles. The van der Waals surface area contributed by atoms with Crippen molar-refractivity contribution in [2.75, 3.05) is 18.0 Å². The van der Waals surface area contributed by atoms with Crippen LogP contribution in [0, 0.1) is 12.8 Å². The number of aryl methyl sites for hydroxylation is 1. The SMILES string of the molecule is Cc1cnn(-c2ccncc2N2CCC(C(=O)NC3CC3)C(F)(F)C2)c1. The van der Waals surface area contributed by atoms with E-state index in [1.165, 1.54) is 0 Å². The van der Waals surface area contributed by atoms with Crippen LogP contribution in [0.2, 0.25) is 0 Å². The maximum absolute atomic E-state index is 14.7. The van der Waals surface area contributed by atoms with Crippen molar-refractivity contribution in [1.82, 2.24) is 20.1 Å². The van der Waals surface area contributed by atoms with Crippen molar-refractivity contribution in [3.05, 3.63) is 36.4 Å². The second-order valence-corrected chi connectivity index (χ2v) is 7.13. The summed E-state index contributed by atoms with van der Waals surface area (Å²) >= 11 is 0. The average molecular weight is 361 g/mol. The van der Waals surface area contributed by atoms with E-state index in [4.69, 9.17) is 0 Å². The Morgan fingerprint density at radius 3 is 2.73 bits per heavy atom. The fraction of sp³-hybridized carbons (Fsp3) is 0.500. The molecule has 0 spiro atoms. The largest absolute Gasteiger partial charge is 0.362 e. The van der Waals surface area contributed by atoms with Crippen molar-refractivity contribution in [3.63, 3.8) is 0 Å². The lowest BCUT2D eigenvalue weighted by atomic mass is 9.91. The fourth-order valence-corrected chi connectivity index (χ4v) is 3.36. The number of alkyl halides is 2. The molecule has 1 N–H and O–H groups in total. The highest BCUT2D eigenvalue weighted by Gasteiger charge is 2.49. The third-order valence-electron chi connectivity index (χ3n) is 4.92. The van der Waals surface area contributed by atoms with Gasteiger partial charge in [-0.2, -0.15) is 5.10 Å². The van der Waals surface area contributed by atoms with Gasteiger partial charge in [0, 0.05) is 25.0 Å². The molecule has 6 nitrogen and oxygen atoms in total. The van der Waals surface area contributed by atoms with Crippen molar-refractivity contribution in [2.24, 2.45) is 5.92 Å². The average Bonchev–Trinajstić information content (AvgIpc) is 3.31. The number of pyridine rings is 1. The molecule has 2 fully saturated rings. The van der Waals surface area contributed by atoms with Crippen LogP contribution in [0.15, 0.2) is 30.9 Å². The van der Waals surface area contributed by atoms with Crippen LogP contribution in [0.4, 0.5) is 14.5 Å². The maximum Gasteiger partial charge on any atom is 0.276 e. The monoisotopic (exact) mass is 361 g/mol. The maximum atomic E-state index is 14.7. The molecule has 1 aliphatic carbocycles. The standard InChI is InChI=1S/C18H21F2N5O/c1-12-8-22-25(10-12)15-4-6-21-9-16(15)24-7-5-14(18(19,20)11-24)17(26)23-13-2-3-13/h4,6,8-10,13-14H,2-3,5,7,11H2,1H3,(H,23,26). The number of amides is 1. The van der Waals surface area contributed by atoms with E-state index in [2.05, 4.69) is 15.4 Å². The number of rotatable bonds is 4. The van der Waals surface area contributed by atoms with Gasteiger partial charge in [-0.3, -0.25) is 9.78 Å². The van der Waals surface area contributed by atoms with Crippen LogP contribution < -0.4 is 10.2 Å². The van der Waals surface area contributed by atoms with Gasteiger partial charge in [0.15, 0.2) is 0 Å². The van der Waals surface area contributed by atoms with Crippen molar-refractivity contribution in [3.8, 4) is 5.69 Å². The summed E-state index contributed by atoms with van der Waals surface area (Å²) in [6.45, 7) is 1.79. The first-order chi connectivity index (χ1) is 12.4. The molecule has 3 heterocycles. The van der Waals surface area contributed by atoms with Crippen LogP contribution in [-0.4, -0.2) is 45.7 Å². The van der Waals surface area contributed by atoms with Crippen molar-refractivity contribution < 1.29 is 13.6 Å². The third-order valence-corrected chi connectivity index (χ3v) is 4.92. The summed E-state index contributed by atoms with van der Waals surface area (Å²) in [6.07, 6.45) is 8.63. The van der Waals surface area contributed by atoms with E-state index >= 15 is 0 Å². The summed E-state index contributed by atoms with van der Waals surface area (Å²) in [5.74, 6) is -4.89. The summed E-state index contributed by atoms with van der Waals surface area (Å²) in [5.41, 5.74) is 2.27. The Bertz CT molecular complexity index is 817. The highest BCUT2D eigenvalue weighted by atomic mass is 19.3. The Morgan fingerprint density at radius 1 is 1.27 bits per heavy atom. The summed E-state index contributed by atoms with van der Waals surface area (Å²) in [4.78, 5) is 17.9. The number of hydrogen-bond acceptors (Lipinski definition) is 4. The van der Waals surface area contributed by atoms with Gasteiger partial charge in [-0.15, -0.1) is 0 Å². The number of aromatic nitrogens is 3. The Hall–Kier alpha value is -2.51. The minimum atomic E-state index is -3.09. The van der Waals surface area contributed by atoms with Crippen molar-refractivity contribution in [1.29, 1.82) is 0 Å². The van der Waals surface area contributed by atoms with Gasteiger partial charge in [0.05, 0.1) is 30.3 Å². The van der Waals surface area contributed by atoms with Crippen LogP contribution in [-0.2, 0) is 4.79 Å². The summed E-state index contributed by atoms with van der Waals surface area (Å²) in [6, 6.07) is 1.84. The topological polar surface area (TPSA) is 63.1 Å². The van der Waals surface area contributed by atoms with Gasteiger partial charge in [0.25, 0.3) is 5.92 Å². The summed E-state index contributed by atoms with van der Waals surface area (Å²) in [5, 5.41) is 6.98. The molecule has 1 aliphatic heterocycles. The van der Waals surface area contributed by atoms with Crippen molar-refractivity contribution >= 4 is 11.6 Å². The zero-order chi connectivity index (χ0) is 18.3. The minimum absolute atomic E-state index is 0.0873. The van der Waals surface area contributed by atoms with E-state index in [1.54, 1.807) is 34.2 Å². The van der Waals surface area contributed by atoms with Gasteiger partial charge in [-0.25, -0.2) is 13.5 Å². The summed E-state index contributed by atoms with van der Waals surface area (Å²) in [7, 11) is 0. The molecule has 1 amide bonds. The van der Waals surface area contributed by atoms with E-state index in [0.717, 1.165) is 18.4 Å². The molecule has 0 radical (unpaired) electrons. The van der Waals surface area contributed by atoms with E-state index in [9.17, 15) is 13.6 Å². The van der Waals surface area contributed by atoms with E-state index < -0.39 is 24.3 Å². The smallest absolute Gasteiger partial charge is 0.276 e. The van der Waals surface area contributed by atoms with Gasteiger partial charge < -0.3 is 10.2 Å². The Balaban J connectivity index is 1.56. The zero-order valence-corrected chi connectivity index (χ0v) is 14.5. The Labute approximate surface area is 150 Å². The predicted molar refractivity (Wildman–Crippen MR) is 92.5 cm³/mol. The second-order valence-electron chi connectivity index (χ2n) is 7.13. The lowest BCUT2D eigenvalue weighted by Crippen LogP contribution is -2.54. The molecule has 4 rings (SSSR count). The Kier molecular flexibility index (Phi) is 4.13. The number of nitrogens with one attached hydrogen (secondary N) is 1. The van der Waals surface area contributed by atoms with Crippen LogP contribution in [0.25, 0.3) is 5.69 Å². The number of anilines is 1. The highest BCUT2D eigenvalue weighted by Crippen LogP contribution is 2.37. The lowest BCUT2D eigenvalue weighted by molar-refractivity contribution is -0.141. The molecular weight excluding hydrogens is 340 g/mol. The zero-order valence-electron chi connectivity index (χ0n) is 14.5. The lowest BCUT2D eigenvalue weighted by Gasteiger charge is -2.39. The second kappa shape index (κ2) is 6.34. The first kappa shape index (κ1) is 16.9. The Morgan fingerprint density at radius 2 is 2.08 bits per heavy atom. The van der Waals surface area contributed by atoms with Crippen LogP contribution >= 0.6 is 0 Å². The van der Waals surface area contributed by atoms with E-state index in [-0.39, 0.29) is 12.5 Å². The van der Waals surface area contributed by atoms with E-state index in [0.29, 0.717) is 17.9 Å². The molecule has 8 heteroatoms. The number of carbonyl (C=O) groups is 1. The number of carbonyl (C=O) groups excluding carboxylic acids is 1. The van der Waals surface area contributed by atoms with Crippen LogP contribution in [0.5, 0.6) is 0 Å². The summed E-state index contributed by atoms with van der Waals surface area (Å²) < 4.78 is 31.1. The molecule has 1 unspecified atom stereocenters. The van der Waals surface area contributed by atoms with Crippen LogP contribution in [0.3, 0.4) is 0 Å². The molecule has 0 aromatic carbocycles. The van der Waals surface area contributed by atoms with Crippen LogP contribution in [0.1, 0.15) is 24.8 Å². The number of halogens is 2. The molecule has 0 bridgehead atoms. The molecule has 1 atom stereocenters. The molecular formula is C18H21F2N5O. The first-order valence-corrected chi connectivity index (χ1v) is 8.83. The quantitative estimate of drug-likeness (QED) is 0.908. The third kappa shape index (κ3) is 3.27. The molecule has 1 saturated heterocycles. The van der Waals surface area contributed by atoms with Gasteiger partial charge in [0.1, 0.15) is 5.92 Å². The number of piperidine rings is 1. The fourth-order valence-electron chi connectivity index (χ4n) is 3.36. The molecule has 138 valence electrons. The molecule has 26 heavy (non-hydrogen) atoms. The van der Waals surface area contributed by atoms with Gasteiger partial charge in [-0.1, -0.05) is 0 Å². The number of hydrogen-bond donors (Lipinski definition) is 1. The molecule has 2 aromatic heterocycles. The minimum Gasteiger partial charge on any atom is -0.362 e. The van der Waals surface area contributed by atoms with Gasteiger partial charge in [-0.05, 0) is 37.8 Å². The predicted octanol–water partition coefficient (Wildman–Crippen LogP) is 2.32. The first-order valence-electron chi connectivity index (χ1n) is 8.83. The van der Waals surface area contributed by atoms with Gasteiger partial charge in [0.2, 0.25) is 5.91 Å². The number of nitrogens with zero attached hydrogens (tertiary/aromatic N) is 4. The normalized spacial score (nSPS) is 22.3. The van der Waals surface area contributed by atoms with E-state index in [1.807, 2.05) is 13.1 Å². The van der Waals surface area contributed by atoms with Gasteiger partial charge >= 0.3 is 0 Å².